The van der Waals surface area contributed by atoms with E-state index < -0.39 is 21.7 Å². The van der Waals surface area contributed by atoms with Crippen LogP contribution in [0.5, 0.6) is 5.75 Å². The minimum absolute atomic E-state index is 0.0465. The molecule has 29 heavy (non-hydrogen) atoms. The number of ether oxygens (including phenoxy) is 1. The van der Waals surface area contributed by atoms with Crippen molar-refractivity contribution in [3.8, 4) is 5.75 Å². The van der Waals surface area contributed by atoms with Crippen molar-refractivity contribution in [1.82, 2.24) is 4.31 Å². The SMILES string of the molecule is COc1ccc(S(=O)(=O)N2CCCCCC2)cc1NC(=O)c1ccc(F)cc1Cl. The summed E-state index contributed by atoms with van der Waals surface area (Å²) in [6.07, 6.45) is 3.66. The summed E-state index contributed by atoms with van der Waals surface area (Å²) in [4.78, 5) is 12.7. The van der Waals surface area contributed by atoms with E-state index >= 15 is 0 Å². The highest BCUT2D eigenvalue weighted by atomic mass is 35.5. The molecule has 0 aliphatic carbocycles. The standard InChI is InChI=1S/C20H22ClFN2O4S/c1-28-19-9-7-15(29(26,27)24-10-4-2-3-5-11-24)13-18(19)23-20(25)16-8-6-14(22)12-17(16)21/h6-9,12-13H,2-5,10-11H2,1H3,(H,23,25). The molecule has 0 atom stereocenters. The fourth-order valence-corrected chi connectivity index (χ4v) is 5.04. The zero-order valence-corrected chi connectivity index (χ0v) is 17.5. The van der Waals surface area contributed by atoms with E-state index in [0.29, 0.717) is 18.8 Å². The fourth-order valence-electron chi connectivity index (χ4n) is 3.24. The predicted molar refractivity (Wildman–Crippen MR) is 110 cm³/mol. The average Bonchev–Trinajstić information content (AvgIpc) is 2.98. The summed E-state index contributed by atoms with van der Waals surface area (Å²) in [7, 11) is -2.28. The molecule has 0 aromatic heterocycles. The Balaban J connectivity index is 1.91. The third-order valence-electron chi connectivity index (χ3n) is 4.80. The number of carbonyl (C=O) groups is 1. The number of hydrogen-bond acceptors (Lipinski definition) is 4. The van der Waals surface area contributed by atoms with Crippen molar-refractivity contribution < 1.29 is 22.3 Å². The van der Waals surface area contributed by atoms with Gasteiger partial charge < -0.3 is 10.1 Å². The van der Waals surface area contributed by atoms with Gasteiger partial charge in [-0.2, -0.15) is 4.31 Å². The molecule has 0 bridgehead atoms. The lowest BCUT2D eigenvalue weighted by Crippen LogP contribution is -2.32. The van der Waals surface area contributed by atoms with Crippen LogP contribution in [0, 0.1) is 5.82 Å². The van der Waals surface area contributed by atoms with Crippen molar-refractivity contribution >= 4 is 33.2 Å². The van der Waals surface area contributed by atoms with Gasteiger partial charge in [-0.05, 0) is 49.2 Å². The number of amides is 1. The summed E-state index contributed by atoms with van der Waals surface area (Å²) < 4.78 is 46.1. The number of halogens is 2. The van der Waals surface area contributed by atoms with Gasteiger partial charge in [0.1, 0.15) is 11.6 Å². The van der Waals surface area contributed by atoms with E-state index in [9.17, 15) is 17.6 Å². The van der Waals surface area contributed by atoms with Gasteiger partial charge in [-0.25, -0.2) is 12.8 Å². The Labute approximate surface area is 174 Å². The predicted octanol–water partition coefficient (Wildman–Crippen LogP) is 4.30. The molecule has 1 aliphatic heterocycles. The van der Waals surface area contributed by atoms with Gasteiger partial charge in [0, 0.05) is 13.1 Å². The third kappa shape index (κ3) is 4.88. The molecule has 2 aromatic carbocycles. The molecule has 156 valence electrons. The lowest BCUT2D eigenvalue weighted by atomic mass is 10.2. The van der Waals surface area contributed by atoms with Gasteiger partial charge in [0.25, 0.3) is 5.91 Å². The summed E-state index contributed by atoms with van der Waals surface area (Å²) in [5, 5.41) is 2.57. The van der Waals surface area contributed by atoms with Crippen molar-refractivity contribution in [2.45, 2.75) is 30.6 Å². The van der Waals surface area contributed by atoms with E-state index in [2.05, 4.69) is 5.32 Å². The lowest BCUT2D eigenvalue weighted by Gasteiger charge is -2.21. The Morgan fingerprint density at radius 3 is 2.41 bits per heavy atom. The van der Waals surface area contributed by atoms with E-state index in [1.54, 1.807) is 0 Å². The zero-order chi connectivity index (χ0) is 21.0. The molecule has 1 amide bonds. The minimum atomic E-state index is -3.70. The first-order valence-electron chi connectivity index (χ1n) is 9.27. The fraction of sp³-hybridized carbons (Fsp3) is 0.350. The van der Waals surface area contributed by atoms with Gasteiger partial charge in [-0.1, -0.05) is 24.4 Å². The van der Waals surface area contributed by atoms with Crippen molar-refractivity contribution in [3.05, 3.63) is 52.8 Å². The van der Waals surface area contributed by atoms with Crippen LogP contribution < -0.4 is 10.1 Å². The second-order valence-electron chi connectivity index (χ2n) is 6.76. The van der Waals surface area contributed by atoms with Crippen LogP contribution in [-0.2, 0) is 10.0 Å². The monoisotopic (exact) mass is 440 g/mol. The van der Waals surface area contributed by atoms with Crippen LogP contribution in [0.25, 0.3) is 0 Å². The van der Waals surface area contributed by atoms with E-state index in [-0.39, 0.29) is 21.2 Å². The first-order valence-corrected chi connectivity index (χ1v) is 11.1. The molecule has 1 fully saturated rings. The molecule has 0 unspecified atom stereocenters. The van der Waals surface area contributed by atoms with Gasteiger partial charge in [-0.3, -0.25) is 4.79 Å². The number of methoxy groups -OCH3 is 1. The van der Waals surface area contributed by atoms with E-state index in [0.717, 1.165) is 37.8 Å². The van der Waals surface area contributed by atoms with Crippen LogP contribution in [0.4, 0.5) is 10.1 Å². The van der Waals surface area contributed by atoms with E-state index in [1.807, 2.05) is 0 Å². The molecular weight excluding hydrogens is 419 g/mol. The Hall–Kier alpha value is -2.16. The van der Waals surface area contributed by atoms with Crippen molar-refractivity contribution in [2.24, 2.45) is 0 Å². The molecule has 1 aliphatic rings. The van der Waals surface area contributed by atoms with Crippen molar-refractivity contribution in [3.63, 3.8) is 0 Å². The first-order chi connectivity index (χ1) is 13.8. The third-order valence-corrected chi connectivity index (χ3v) is 7.01. The smallest absolute Gasteiger partial charge is 0.257 e. The van der Waals surface area contributed by atoms with Crippen LogP contribution >= 0.6 is 11.6 Å². The maximum atomic E-state index is 13.2. The molecular formula is C20H22ClFN2O4S. The molecule has 0 saturated carbocycles. The van der Waals surface area contributed by atoms with Crippen molar-refractivity contribution in [1.29, 1.82) is 0 Å². The van der Waals surface area contributed by atoms with Crippen LogP contribution in [0.1, 0.15) is 36.0 Å². The molecule has 0 radical (unpaired) electrons. The largest absolute Gasteiger partial charge is 0.495 e. The van der Waals surface area contributed by atoms with Gasteiger partial charge in [0.15, 0.2) is 0 Å². The maximum Gasteiger partial charge on any atom is 0.257 e. The van der Waals surface area contributed by atoms with Gasteiger partial charge in [0.2, 0.25) is 10.0 Å². The highest BCUT2D eigenvalue weighted by molar-refractivity contribution is 7.89. The second-order valence-corrected chi connectivity index (χ2v) is 9.10. The summed E-state index contributed by atoms with van der Waals surface area (Å²) in [6, 6.07) is 7.74. The van der Waals surface area contributed by atoms with E-state index in [1.165, 1.54) is 35.7 Å². The first kappa shape index (κ1) is 21.5. The van der Waals surface area contributed by atoms with Crippen LogP contribution in [-0.4, -0.2) is 38.8 Å². The van der Waals surface area contributed by atoms with Crippen LogP contribution in [0.3, 0.4) is 0 Å². The highest BCUT2D eigenvalue weighted by Crippen LogP contribution is 2.31. The minimum Gasteiger partial charge on any atom is -0.495 e. The number of benzene rings is 2. The van der Waals surface area contributed by atoms with E-state index in [4.69, 9.17) is 16.3 Å². The average molecular weight is 441 g/mol. The zero-order valence-electron chi connectivity index (χ0n) is 16.0. The van der Waals surface area contributed by atoms with Crippen LogP contribution in [0.15, 0.2) is 41.3 Å². The molecule has 1 saturated heterocycles. The number of rotatable bonds is 5. The molecule has 1 N–H and O–H groups in total. The van der Waals surface area contributed by atoms with Crippen molar-refractivity contribution in [2.75, 3.05) is 25.5 Å². The Morgan fingerprint density at radius 2 is 1.79 bits per heavy atom. The molecule has 2 aromatic rings. The number of hydrogen-bond donors (Lipinski definition) is 1. The molecule has 0 spiro atoms. The molecule has 3 rings (SSSR count). The molecule has 1 heterocycles. The summed E-state index contributed by atoms with van der Waals surface area (Å²) in [5.41, 5.74) is 0.254. The summed E-state index contributed by atoms with van der Waals surface area (Å²) in [6.45, 7) is 0.947. The second kappa shape index (κ2) is 9.11. The Bertz CT molecular complexity index is 1010. The topological polar surface area (TPSA) is 75.7 Å². The Kier molecular flexibility index (Phi) is 6.77. The normalized spacial score (nSPS) is 15.6. The van der Waals surface area contributed by atoms with Gasteiger partial charge in [0.05, 0.1) is 28.3 Å². The number of sulfonamides is 1. The molecule has 6 nitrogen and oxygen atoms in total. The number of nitrogens with one attached hydrogen (secondary N) is 1. The summed E-state index contributed by atoms with van der Waals surface area (Å²) in [5.74, 6) is -0.862. The van der Waals surface area contributed by atoms with Crippen LogP contribution in [0.2, 0.25) is 5.02 Å². The quantitative estimate of drug-likeness (QED) is 0.751. The number of nitrogens with zero attached hydrogens (tertiary/aromatic N) is 1. The summed E-state index contributed by atoms with van der Waals surface area (Å²) >= 11 is 5.95. The highest BCUT2D eigenvalue weighted by Gasteiger charge is 2.26. The van der Waals surface area contributed by atoms with Gasteiger partial charge in [-0.15, -0.1) is 0 Å². The maximum absolute atomic E-state index is 13.2. The number of anilines is 1. The molecule has 9 heteroatoms. The Morgan fingerprint density at radius 1 is 1.10 bits per heavy atom. The lowest BCUT2D eigenvalue weighted by molar-refractivity contribution is 0.102. The van der Waals surface area contributed by atoms with Gasteiger partial charge >= 0.3 is 0 Å². The number of carbonyl (C=O) groups excluding carboxylic acids is 1.